The number of anilines is 1. The number of H-pyrrole nitrogens is 1. The van der Waals surface area contributed by atoms with E-state index in [0.717, 1.165) is 52.8 Å². The predicted octanol–water partition coefficient (Wildman–Crippen LogP) is 4.32. The van der Waals surface area contributed by atoms with Gasteiger partial charge in [0.25, 0.3) is 0 Å². The van der Waals surface area contributed by atoms with E-state index in [2.05, 4.69) is 57.0 Å². The molecule has 1 aliphatic rings. The van der Waals surface area contributed by atoms with E-state index in [4.69, 9.17) is 5.26 Å². The number of aromatic amines is 1. The van der Waals surface area contributed by atoms with Crippen molar-refractivity contribution in [1.82, 2.24) is 19.7 Å². The number of hydrogen-bond donors (Lipinski definition) is 2. The van der Waals surface area contributed by atoms with Gasteiger partial charge in [0, 0.05) is 42.3 Å². The highest BCUT2D eigenvalue weighted by Crippen LogP contribution is 2.34. The summed E-state index contributed by atoms with van der Waals surface area (Å²) in [6.07, 6.45) is 8.87. The minimum atomic E-state index is 0.154. The van der Waals surface area contributed by atoms with Crippen LogP contribution in [-0.2, 0) is 13.5 Å². The molecule has 28 heavy (non-hydrogen) atoms. The molecule has 0 saturated carbocycles. The molecule has 0 fully saturated rings. The molecule has 0 spiro atoms. The Bertz CT molecular complexity index is 1210. The third kappa shape index (κ3) is 2.81. The molecule has 1 unspecified atom stereocenters. The largest absolute Gasteiger partial charge is 0.377 e. The first kappa shape index (κ1) is 16.6. The third-order valence-corrected chi connectivity index (χ3v) is 5.41. The normalized spacial score (nSPS) is 15.9. The van der Waals surface area contributed by atoms with Crippen LogP contribution in [0, 0.1) is 11.3 Å². The molecule has 6 heteroatoms. The van der Waals surface area contributed by atoms with E-state index in [1.165, 1.54) is 5.56 Å². The highest BCUT2D eigenvalue weighted by atomic mass is 15.1. The van der Waals surface area contributed by atoms with E-state index < -0.39 is 0 Å². The first-order valence-corrected chi connectivity index (χ1v) is 9.47. The summed E-state index contributed by atoms with van der Waals surface area (Å²) in [7, 11) is 2.01. The Morgan fingerprint density at radius 1 is 1.29 bits per heavy atom. The molecule has 138 valence electrons. The number of nitriles is 1. The van der Waals surface area contributed by atoms with Gasteiger partial charge in [-0.2, -0.15) is 10.4 Å². The molecule has 0 radical (unpaired) electrons. The fourth-order valence-electron chi connectivity index (χ4n) is 4.04. The molecule has 1 aromatic carbocycles. The summed E-state index contributed by atoms with van der Waals surface area (Å²) < 4.78 is 2.03. The van der Waals surface area contributed by atoms with Gasteiger partial charge in [0.1, 0.15) is 11.8 Å². The highest BCUT2D eigenvalue weighted by Gasteiger charge is 2.22. The molecule has 0 bridgehead atoms. The topological polar surface area (TPSA) is 82.3 Å². The first-order valence-electron chi connectivity index (χ1n) is 9.47. The number of aryl methyl sites for hydroxylation is 2. The van der Waals surface area contributed by atoms with Crippen molar-refractivity contribution >= 4 is 16.6 Å². The number of hydrogen-bond acceptors (Lipinski definition) is 4. The zero-order chi connectivity index (χ0) is 19.1. The molecule has 0 aliphatic heterocycles. The maximum absolute atomic E-state index is 9.13. The molecule has 1 aliphatic carbocycles. The van der Waals surface area contributed by atoms with Crippen LogP contribution in [0.3, 0.4) is 0 Å². The average molecular weight is 368 g/mol. The standard InChI is InChI=1S/C22H20N6/c1-28-8-7-16(13-28)21-18-10-17(5-6-19(18)26-27-21)25-20-4-2-3-15-9-14(11-23)12-24-22(15)20/h5-10,12-13,20,25H,2-4H2,1H3,(H,26,27). The van der Waals surface area contributed by atoms with E-state index in [1.807, 2.05) is 23.9 Å². The van der Waals surface area contributed by atoms with E-state index in [1.54, 1.807) is 6.20 Å². The Hall–Kier alpha value is -3.59. The fourth-order valence-corrected chi connectivity index (χ4v) is 4.04. The van der Waals surface area contributed by atoms with Crippen LogP contribution in [0.25, 0.3) is 22.2 Å². The number of pyridine rings is 1. The predicted molar refractivity (Wildman–Crippen MR) is 109 cm³/mol. The summed E-state index contributed by atoms with van der Waals surface area (Å²) in [5, 5.41) is 21.5. The lowest BCUT2D eigenvalue weighted by Gasteiger charge is -2.26. The second-order valence-corrected chi connectivity index (χ2v) is 7.37. The highest BCUT2D eigenvalue weighted by molar-refractivity contribution is 5.94. The SMILES string of the molecule is Cn1ccc(-c2n[nH]c3ccc(NC4CCCc5cc(C#N)cnc54)cc23)c1. The summed E-state index contributed by atoms with van der Waals surface area (Å²) in [4.78, 5) is 4.58. The van der Waals surface area contributed by atoms with Crippen molar-refractivity contribution in [3.05, 3.63) is 65.7 Å². The lowest BCUT2D eigenvalue weighted by Crippen LogP contribution is -2.19. The summed E-state index contributed by atoms with van der Waals surface area (Å²) >= 11 is 0. The second-order valence-electron chi connectivity index (χ2n) is 7.37. The fraction of sp³-hybridized carbons (Fsp3) is 0.227. The van der Waals surface area contributed by atoms with Crippen molar-refractivity contribution in [3.8, 4) is 17.3 Å². The summed E-state index contributed by atoms with van der Waals surface area (Å²) in [6, 6.07) is 12.7. The van der Waals surface area contributed by atoms with Crippen molar-refractivity contribution in [2.24, 2.45) is 7.05 Å². The van der Waals surface area contributed by atoms with Crippen LogP contribution in [0.15, 0.2) is 48.9 Å². The van der Waals surface area contributed by atoms with Gasteiger partial charge in [-0.05, 0) is 55.2 Å². The van der Waals surface area contributed by atoms with E-state index >= 15 is 0 Å². The lowest BCUT2D eigenvalue weighted by molar-refractivity contribution is 0.583. The van der Waals surface area contributed by atoms with Crippen LogP contribution in [0.5, 0.6) is 0 Å². The Balaban J connectivity index is 1.49. The van der Waals surface area contributed by atoms with Crippen LogP contribution in [0.4, 0.5) is 5.69 Å². The second kappa shape index (κ2) is 6.54. The van der Waals surface area contributed by atoms with Gasteiger partial charge in [0.05, 0.1) is 22.8 Å². The molecule has 4 aromatic rings. The van der Waals surface area contributed by atoms with Crippen molar-refractivity contribution in [1.29, 1.82) is 5.26 Å². The Kier molecular flexibility index (Phi) is 3.87. The number of nitrogens with zero attached hydrogens (tertiary/aromatic N) is 4. The van der Waals surface area contributed by atoms with Gasteiger partial charge in [-0.25, -0.2) is 0 Å². The van der Waals surface area contributed by atoms with Gasteiger partial charge in [-0.15, -0.1) is 0 Å². The third-order valence-electron chi connectivity index (χ3n) is 5.41. The summed E-state index contributed by atoms with van der Waals surface area (Å²) in [6.45, 7) is 0. The van der Waals surface area contributed by atoms with Gasteiger partial charge < -0.3 is 9.88 Å². The number of fused-ring (bicyclic) bond motifs is 2. The number of rotatable bonds is 3. The zero-order valence-electron chi connectivity index (χ0n) is 15.6. The van der Waals surface area contributed by atoms with Gasteiger partial charge in [-0.3, -0.25) is 10.1 Å². The molecule has 0 amide bonds. The molecule has 6 nitrogen and oxygen atoms in total. The number of nitrogens with one attached hydrogen (secondary N) is 2. The van der Waals surface area contributed by atoms with Gasteiger partial charge in [0.15, 0.2) is 0 Å². The Labute approximate surface area is 162 Å². The first-order chi connectivity index (χ1) is 13.7. The van der Waals surface area contributed by atoms with Gasteiger partial charge in [-0.1, -0.05) is 0 Å². The summed E-state index contributed by atoms with van der Waals surface area (Å²) in [5.74, 6) is 0. The summed E-state index contributed by atoms with van der Waals surface area (Å²) in [5.41, 5.74) is 6.99. The van der Waals surface area contributed by atoms with Crippen LogP contribution in [0.2, 0.25) is 0 Å². The monoisotopic (exact) mass is 368 g/mol. The Morgan fingerprint density at radius 3 is 3.04 bits per heavy atom. The van der Waals surface area contributed by atoms with E-state index in [9.17, 15) is 0 Å². The molecule has 1 atom stereocenters. The lowest BCUT2D eigenvalue weighted by atomic mass is 9.91. The Morgan fingerprint density at radius 2 is 2.21 bits per heavy atom. The van der Waals surface area contributed by atoms with Crippen molar-refractivity contribution in [2.75, 3.05) is 5.32 Å². The van der Waals surface area contributed by atoms with E-state index in [0.29, 0.717) is 5.56 Å². The molecule has 5 rings (SSSR count). The van der Waals surface area contributed by atoms with Crippen molar-refractivity contribution in [3.63, 3.8) is 0 Å². The molecular formula is C22H20N6. The van der Waals surface area contributed by atoms with Crippen molar-refractivity contribution in [2.45, 2.75) is 25.3 Å². The van der Waals surface area contributed by atoms with Crippen LogP contribution >= 0.6 is 0 Å². The van der Waals surface area contributed by atoms with Crippen LogP contribution < -0.4 is 5.32 Å². The molecular weight excluding hydrogens is 348 g/mol. The van der Waals surface area contributed by atoms with Crippen molar-refractivity contribution < 1.29 is 0 Å². The van der Waals surface area contributed by atoms with Crippen LogP contribution in [0.1, 0.15) is 35.7 Å². The van der Waals surface area contributed by atoms with Gasteiger partial charge in [0.2, 0.25) is 0 Å². The van der Waals surface area contributed by atoms with E-state index in [-0.39, 0.29) is 6.04 Å². The maximum atomic E-state index is 9.13. The number of benzene rings is 1. The molecule has 2 N–H and O–H groups in total. The molecule has 3 aromatic heterocycles. The zero-order valence-corrected chi connectivity index (χ0v) is 15.6. The van der Waals surface area contributed by atoms with Gasteiger partial charge >= 0.3 is 0 Å². The molecule has 0 saturated heterocycles. The average Bonchev–Trinajstić information content (AvgIpc) is 3.33. The quantitative estimate of drug-likeness (QED) is 0.564. The minimum absolute atomic E-state index is 0.154. The minimum Gasteiger partial charge on any atom is -0.377 e. The number of aromatic nitrogens is 4. The smallest absolute Gasteiger partial charge is 0.101 e. The maximum Gasteiger partial charge on any atom is 0.101 e. The van der Waals surface area contributed by atoms with Crippen LogP contribution in [-0.4, -0.2) is 19.7 Å². The molecule has 3 heterocycles.